The number of nitrogens with zero attached hydrogens (tertiary/aromatic N) is 2. The van der Waals surface area contributed by atoms with Crippen molar-refractivity contribution in [2.75, 3.05) is 5.75 Å². The van der Waals surface area contributed by atoms with Gasteiger partial charge in [0.15, 0.2) is 0 Å². The summed E-state index contributed by atoms with van der Waals surface area (Å²) in [5, 5.41) is 9.05. The van der Waals surface area contributed by atoms with E-state index in [0.29, 0.717) is 5.75 Å². The quantitative estimate of drug-likeness (QED) is 0.523. The van der Waals surface area contributed by atoms with E-state index in [9.17, 15) is 22.0 Å². The third-order valence-corrected chi connectivity index (χ3v) is 3.92. The first kappa shape index (κ1) is 19.0. The van der Waals surface area contributed by atoms with Crippen LogP contribution in [0.3, 0.4) is 0 Å². The third-order valence-electron chi connectivity index (χ3n) is 3.06. The van der Waals surface area contributed by atoms with E-state index in [2.05, 4.69) is 9.72 Å². The molecule has 0 aliphatic heterocycles. The van der Waals surface area contributed by atoms with E-state index >= 15 is 0 Å². The van der Waals surface area contributed by atoms with Gasteiger partial charge in [0.1, 0.15) is 16.8 Å². The number of halogens is 5. The van der Waals surface area contributed by atoms with E-state index in [1.807, 2.05) is 0 Å². The fourth-order valence-electron chi connectivity index (χ4n) is 2.05. The molecule has 1 aromatic heterocycles. The SMILES string of the molecule is CCSc1nc(-c2ccc(OC(F)F)cc2)cc(C(F)(F)F)c1C#N. The average molecular weight is 374 g/mol. The number of ether oxygens (including phenoxy) is 1. The maximum Gasteiger partial charge on any atom is 0.417 e. The molecule has 25 heavy (non-hydrogen) atoms. The zero-order chi connectivity index (χ0) is 18.6. The fraction of sp³-hybridized carbons (Fsp3) is 0.250. The minimum absolute atomic E-state index is 0.00845. The summed E-state index contributed by atoms with van der Waals surface area (Å²) in [5.74, 6) is 0.315. The summed E-state index contributed by atoms with van der Waals surface area (Å²) in [6.07, 6.45) is -4.72. The first-order chi connectivity index (χ1) is 11.8. The molecule has 0 bridgehead atoms. The molecule has 1 heterocycles. The molecule has 0 radical (unpaired) electrons. The Labute approximate surface area is 144 Å². The van der Waals surface area contributed by atoms with Crippen molar-refractivity contribution in [2.45, 2.75) is 24.7 Å². The second-order valence-corrected chi connectivity index (χ2v) is 5.93. The Kier molecular flexibility index (Phi) is 5.85. The summed E-state index contributed by atoms with van der Waals surface area (Å²) in [6, 6.07) is 7.41. The standard InChI is InChI=1S/C16H11F5N2OS/c1-2-25-14-11(8-22)12(16(19,20)21)7-13(23-14)9-3-5-10(6-4-9)24-15(17)18/h3-7,15H,2H2,1H3. The van der Waals surface area contributed by atoms with Gasteiger partial charge in [0, 0.05) is 5.56 Å². The van der Waals surface area contributed by atoms with E-state index < -0.39 is 23.9 Å². The zero-order valence-corrected chi connectivity index (χ0v) is 13.6. The van der Waals surface area contributed by atoms with Crippen molar-refractivity contribution in [1.82, 2.24) is 4.98 Å². The molecule has 1 aromatic carbocycles. The number of hydrogen-bond donors (Lipinski definition) is 0. The molecule has 0 saturated carbocycles. The molecule has 3 nitrogen and oxygen atoms in total. The Bertz CT molecular complexity index is 785. The highest BCUT2D eigenvalue weighted by atomic mass is 32.2. The smallest absolute Gasteiger partial charge is 0.417 e. The van der Waals surface area contributed by atoms with Crippen LogP contribution in [0, 0.1) is 11.3 Å². The van der Waals surface area contributed by atoms with Gasteiger partial charge < -0.3 is 4.74 Å². The van der Waals surface area contributed by atoms with Crippen LogP contribution in [0.2, 0.25) is 0 Å². The van der Waals surface area contributed by atoms with Crippen molar-refractivity contribution in [1.29, 1.82) is 5.26 Å². The maximum absolute atomic E-state index is 13.3. The van der Waals surface area contributed by atoms with Gasteiger partial charge in [-0.3, -0.25) is 0 Å². The Hall–Kier alpha value is -2.34. The van der Waals surface area contributed by atoms with Gasteiger partial charge in [-0.05, 0) is 36.1 Å². The number of rotatable bonds is 5. The van der Waals surface area contributed by atoms with Gasteiger partial charge in [0.2, 0.25) is 0 Å². The zero-order valence-electron chi connectivity index (χ0n) is 12.8. The molecule has 132 valence electrons. The summed E-state index contributed by atoms with van der Waals surface area (Å²) < 4.78 is 68.3. The van der Waals surface area contributed by atoms with Crippen LogP contribution in [0.25, 0.3) is 11.3 Å². The summed E-state index contributed by atoms with van der Waals surface area (Å²) in [7, 11) is 0. The molecule has 0 spiro atoms. The third kappa shape index (κ3) is 4.60. The Morgan fingerprint density at radius 1 is 1.24 bits per heavy atom. The monoisotopic (exact) mass is 374 g/mol. The lowest BCUT2D eigenvalue weighted by Gasteiger charge is -2.14. The van der Waals surface area contributed by atoms with Gasteiger partial charge >= 0.3 is 12.8 Å². The molecule has 0 amide bonds. The number of benzene rings is 1. The van der Waals surface area contributed by atoms with Gasteiger partial charge in [-0.25, -0.2) is 4.98 Å². The maximum atomic E-state index is 13.3. The Balaban J connectivity index is 2.54. The average Bonchev–Trinajstić information content (AvgIpc) is 2.54. The normalized spacial score (nSPS) is 11.4. The number of nitriles is 1. The highest BCUT2D eigenvalue weighted by Crippen LogP contribution is 2.38. The Morgan fingerprint density at radius 3 is 2.36 bits per heavy atom. The number of thioether (sulfide) groups is 1. The van der Waals surface area contributed by atoms with Gasteiger partial charge in [-0.15, -0.1) is 11.8 Å². The molecule has 0 aliphatic carbocycles. The predicted molar refractivity (Wildman–Crippen MR) is 82.4 cm³/mol. The molecule has 0 aliphatic rings. The van der Waals surface area contributed by atoms with E-state index in [4.69, 9.17) is 5.26 Å². The second kappa shape index (κ2) is 7.70. The summed E-state index contributed by atoms with van der Waals surface area (Å²) in [5.41, 5.74) is -1.33. The molecule has 9 heteroatoms. The lowest BCUT2D eigenvalue weighted by Crippen LogP contribution is -2.10. The van der Waals surface area contributed by atoms with Gasteiger partial charge in [-0.2, -0.15) is 27.2 Å². The van der Waals surface area contributed by atoms with E-state index in [-0.39, 0.29) is 22.0 Å². The van der Waals surface area contributed by atoms with Crippen molar-refractivity contribution in [2.24, 2.45) is 0 Å². The molecule has 0 atom stereocenters. The molecular formula is C16H11F5N2OS. The van der Waals surface area contributed by atoms with Crippen molar-refractivity contribution in [3.05, 3.63) is 41.5 Å². The van der Waals surface area contributed by atoms with Crippen molar-refractivity contribution in [3.8, 4) is 23.1 Å². The summed E-state index contributed by atoms with van der Waals surface area (Å²) >= 11 is 1.02. The Morgan fingerprint density at radius 2 is 1.88 bits per heavy atom. The van der Waals surface area contributed by atoms with Crippen LogP contribution in [-0.4, -0.2) is 17.3 Å². The lowest BCUT2D eigenvalue weighted by atomic mass is 10.1. The molecule has 0 unspecified atom stereocenters. The van der Waals surface area contributed by atoms with E-state index in [1.165, 1.54) is 24.3 Å². The van der Waals surface area contributed by atoms with Gasteiger partial charge in [0.25, 0.3) is 0 Å². The minimum Gasteiger partial charge on any atom is -0.435 e. The highest BCUT2D eigenvalue weighted by Gasteiger charge is 2.36. The van der Waals surface area contributed by atoms with Gasteiger partial charge in [0.05, 0.1) is 16.8 Å². The van der Waals surface area contributed by atoms with E-state index in [1.54, 1.807) is 13.0 Å². The molecule has 2 rings (SSSR count). The van der Waals surface area contributed by atoms with Crippen LogP contribution in [-0.2, 0) is 6.18 Å². The topological polar surface area (TPSA) is 45.9 Å². The summed E-state index contributed by atoms with van der Waals surface area (Å²) in [6.45, 7) is -1.27. The molecule has 0 N–H and O–H groups in total. The largest absolute Gasteiger partial charge is 0.435 e. The molecule has 2 aromatic rings. The van der Waals surface area contributed by atoms with Crippen LogP contribution in [0.5, 0.6) is 5.75 Å². The number of hydrogen-bond acceptors (Lipinski definition) is 4. The first-order valence-electron chi connectivity index (χ1n) is 6.96. The lowest BCUT2D eigenvalue weighted by molar-refractivity contribution is -0.138. The predicted octanol–water partition coefficient (Wildman–Crippen LogP) is 5.35. The second-order valence-electron chi connectivity index (χ2n) is 4.68. The number of alkyl halides is 5. The molecular weight excluding hydrogens is 363 g/mol. The first-order valence-corrected chi connectivity index (χ1v) is 7.95. The minimum atomic E-state index is -4.72. The van der Waals surface area contributed by atoms with Crippen LogP contribution < -0.4 is 4.74 Å². The number of pyridine rings is 1. The number of aromatic nitrogens is 1. The molecule has 0 saturated heterocycles. The van der Waals surface area contributed by atoms with Crippen molar-refractivity contribution < 1.29 is 26.7 Å². The van der Waals surface area contributed by atoms with Gasteiger partial charge in [-0.1, -0.05) is 6.92 Å². The molecule has 0 fully saturated rings. The van der Waals surface area contributed by atoms with Crippen LogP contribution in [0.4, 0.5) is 22.0 Å². The van der Waals surface area contributed by atoms with Crippen LogP contribution in [0.15, 0.2) is 35.4 Å². The van der Waals surface area contributed by atoms with Crippen LogP contribution in [0.1, 0.15) is 18.1 Å². The fourth-order valence-corrected chi connectivity index (χ4v) is 2.79. The van der Waals surface area contributed by atoms with Crippen LogP contribution >= 0.6 is 11.8 Å². The summed E-state index contributed by atoms with van der Waals surface area (Å²) in [4.78, 5) is 4.12. The van der Waals surface area contributed by atoms with Crippen molar-refractivity contribution >= 4 is 11.8 Å². The highest BCUT2D eigenvalue weighted by molar-refractivity contribution is 7.99. The van der Waals surface area contributed by atoms with Crippen molar-refractivity contribution in [3.63, 3.8) is 0 Å². The van der Waals surface area contributed by atoms with E-state index in [0.717, 1.165) is 17.8 Å².